The normalized spacial score (nSPS) is 36.2. The van der Waals surface area contributed by atoms with Gasteiger partial charge in [0.1, 0.15) is 0 Å². The molecule has 2 atom stereocenters. The Morgan fingerprint density at radius 3 is 2.28 bits per heavy atom. The number of rotatable bonds is 2. The fraction of sp³-hybridized carbons (Fsp3) is 0.923. The minimum Gasteiger partial charge on any atom is -0.387 e. The molecule has 0 amide bonds. The second kappa shape index (κ2) is 4.50. The number of nitrogens with zero attached hydrogens (tertiary/aromatic N) is 1. The van der Waals surface area contributed by atoms with Gasteiger partial charge in [-0.15, -0.1) is 0 Å². The molecule has 1 N–H and O–H groups in total. The molecule has 102 valence electrons. The summed E-state index contributed by atoms with van der Waals surface area (Å²) < 4.78 is 23.8. The minimum atomic E-state index is -3.31. The third-order valence-corrected chi connectivity index (χ3v) is 6.48. The Morgan fingerprint density at radius 2 is 1.78 bits per heavy atom. The molecule has 0 aromatic rings. The summed E-state index contributed by atoms with van der Waals surface area (Å²) in [5.41, 5.74) is -2.19. The molecule has 0 spiro atoms. The highest BCUT2D eigenvalue weighted by molar-refractivity contribution is 7.91. The summed E-state index contributed by atoms with van der Waals surface area (Å²) >= 11 is 0. The molecule has 2 fully saturated rings. The Labute approximate surface area is 109 Å². The zero-order valence-electron chi connectivity index (χ0n) is 10.9. The number of hydrogen-bond donors (Lipinski definition) is 1. The predicted molar refractivity (Wildman–Crippen MR) is 68.6 cm³/mol. The van der Waals surface area contributed by atoms with E-state index >= 15 is 0 Å². The average Bonchev–Trinajstić information content (AvgIpc) is 2.74. The maximum Gasteiger partial charge on any atom is 0.153 e. The Balaban J connectivity index is 2.42. The average molecular weight is 271 g/mol. The Bertz CT molecular complexity index is 459. The van der Waals surface area contributed by atoms with Gasteiger partial charge in [0.05, 0.1) is 22.3 Å². The molecule has 2 unspecified atom stereocenters. The number of nitriles is 1. The lowest BCUT2D eigenvalue weighted by molar-refractivity contribution is -0.0639. The van der Waals surface area contributed by atoms with Crippen molar-refractivity contribution in [3.8, 4) is 6.07 Å². The molecule has 0 aromatic heterocycles. The lowest BCUT2D eigenvalue weighted by atomic mass is 9.63. The summed E-state index contributed by atoms with van der Waals surface area (Å²) in [6, 6.07) is 2.29. The second-order valence-corrected chi connectivity index (χ2v) is 8.12. The summed E-state index contributed by atoms with van der Waals surface area (Å²) in [7, 11) is -3.31. The standard InChI is InChI=1S/C13H21NO3S/c1-18(16,17)11-6-5-9-13(11,15)12(10-14)7-3-2-4-8-12/h11,15H,2-9H2,1H3. The fourth-order valence-electron chi connectivity index (χ4n) is 3.87. The van der Waals surface area contributed by atoms with Gasteiger partial charge in [-0.1, -0.05) is 19.3 Å². The van der Waals surface area contributed by atoms with Gasteiger partial charge in [-0.3, -0.25) is 0 Å². The van der Waals surface area contributed by atoms with Crippen LogP contribution in [0.5, 0.6) is 0 Å². The molecule has 4 nitrogen and oxygen atoms in total. The van der Waals surface area contributed by atoms with Crippen molar-refractivity contribution < 1.29 is 13.5 Å². The van der Waals surface area contributed by atoms with Gasteiger partial charge in [0.15, 0.2) is 9.84 Å². The Hall–Kier alpha value is -0.600. The van der Waals surface area contributed by atoms with E-state index in [0.29, 0.717) is 32.1 Å². The minimum absolute atomic E-state index is 0.443. The molecule has 2 saturated carbocycles. The molecule has 0 heterocycles. The molecule has 0 saturated heterocycles. The summed E-state index contributed by atoms with van der Waals surface area (Å²) in [6.07, 6.45) is 6.95. The van der Waals surface area contributed by atoms with Gasteiger partial charge in [0, 0.05) is 6.26 Å². The van der Waals surface area contributed by atoms with E-state index in [1.165, 1.54) is 6.26 Å². The van der Waals surface area contributed by atoms with Crippen molar-refractivity contribution in [1.29, 1.82) is 5.26 Å². The smallest absolute Gasteiger partial charge is 0.153 e. The first-order valence-corrected chi connectivity index (χ1v) is 8.64. The van der Waals surface area contributed by atoms with Crippen LogP contribution in [0.25, 0.3) is 0 Å². The molecule has 18 heavy (non-hydrogen) atoms. The van der Waals surface area contributed by atoms with E-state index in [1.54, 1.807) is 0 Å². The van der Waals surface area contributed by atoms with Crippen molar-refractivity contribution in [1.82, 2.24) is 0 Å². The molecule has 5 heteroatoms. The lowest BCUT2D eigenvalue weighted by Gasteiger charge is -2.45. The van der Waals surface area contributed by atoms with Crippen molar-refractivity contribution in [2.45, 2.75) is 62.2 Å². The molecule has 2 aliphatic carbocycles. The Morgan fingerprint density at radius 1 is 1.17 bits per heavy atom. The number of aliphatic hydroxyl groups is 1. The van der Waals surface area contributed by atoms with E-state index in [0.717, 1.165) is 19.3 Å². The quantitative estimate of drug-likeness (QED) is 0.830. The second-order valence-electron chi connectivity index (χ2n) is 5.89. The van der Waals surface area contributed by atoms with Crippen LogP contribution in [0, 0.1) is 16.7 Å². The van der Waals surface area contributed by atoms with Crippen LogP contribution in [0.4, 0.5) is 0 Å². The first-order valence-electron chi connectivity index (χ1n) is 6.68. The van der Waals surface area contributed by atoms with Crippen molar-refractivity contribution in [2.75, 3.05) is 6.26 Å². The summed E-state index contributed by atoms with van der Waals surface area (Å²) in [5.74, 6) is 0. The van der Waals surface area contributed by atoms with E-state index in [1.807, 2.05) is 0 Å². The van der Waals surface area contributed by atoms with Crippen LogP contribution < -0.4 is 0 Å². The zero-order valence-corrected chi connectivity index (χ0v) is 11.7. The van der Waals surface area contributed by atoms with Crippen LogP contribution in [-0.4, -0.2) is 30.6 Å². The number of hydrogen-bond acceptors (Lipinski definition) is 4. The maximum absolute atomic E-state index is 11.9. The molecule has 0 radical (unpaired) electrons. The van der Waals surface area contributed by atoms with Crippen LogP contribution >= 0.6 is 0 Å². The first kappa shape index (κ1) is 13.8. The van der Waals surface area contributed by atoms with E-state index in [2.05, 4.69) is 6.07 Å². The number of sulfone groups is 1. The largest absolute Gasteiger partial charge is 0.387 e. The topological polar surface area (TPSA) is 78.2 Å². The Kier molecular flexibility index (Phi) is 3.46. The summed E-state index contributed by atoms with van der Waals surface area (Å²) in [6.45, 7) is 0. The SMILES string of the molecule is CS(=O)(=O)C1CCCC1(O)C1(C#N)CCCCC1. The van der Waals surface area contributed by atoms with Crippen molar-refractivity contribution in [2.24, 2.45) is 5.41 Å². The molecule has 0 bridgehead atoms. The third-order valence-electron chi connectivity index (χ3n) is 4.82. The highest BCUT2D eigenvalue weighted by atomic mass is 32.2. The van der Waals surface area contributed by atoms with E-state index in [4.69, 9.17) is 0 Å². The molecule has 0 aliphatic heterocycles. The third kappa shape index (κ3) is 1.96. The highest BCUT2D eigenvalue weighted by Crippen LogP contribution is 2.53. The van der Waals surface area contributed by atoms with Crippen molar-refractivity contribution >= 4 is 9.84 Å². The van der Waals surface area contributed by atoms with Gasteiger partial charge in [-0.25, -0.2) is 8.42 Å². The van der Waals surface area contributed by atoms with Crippen LogP contribution in [0.1, 0.15) is 51.4 Å². The first-order chi connectivity index (χ1) is 8.36. The molecule has 2 rings (SSSR count). The van der Waals surface area contributed by atoms with Crippen LogP contribution in [0.3, 0.4) is 0 Å². The summed E-state index contributed by atoms with van der Waals surface area (Å²) in [4.78, 5) is 0. The monoisotopic (exact) mass is 271 g/mol. The predicted octanol–water partition coefficient (Wildman–Crippen LogP) is 1.79. The molecular weight excluding hydrogens is 250 g/mol. The highest BCUT2D eigenvalue weighted by Gasteiger charge is 2.60. The van der Waals surface area contributed by atoms with Crippen LogP contribution in [0.2, 0.25) is 0 Å². The van der Waals surface area contributed by atoms with E-state index < -0.39 is 26.1 Å². The lowest BCUT2D eigenvalue weighted by Crippen LogP contribution is -2.55. The fourth-order valence-corrected chi connectivity index (χ4v) is 5.52. The van der Waals surface area contributed by atoms with Gasteiger partial charge in [-0.2, -0.15) is 5.26 Å². The van der Waals surface area contributed by atoms with Crippen LogP contribution in [-0.2, 0) is 9.84 Å². The molecular formula is C13H21NO3S. The summed E-state index contributed by atoms with van der Waals surface area (Å²) in [5, 5.41) is 19.7. The van der Waals surface area contributed by atoms with Gasteiger partial charge < -0.3 is 5.11 Å². The van der Waals surface area contributed by atoms with Gasteiger partial charge >= 0.3 is 0 Å². The van der Waals surface area contributed by atoms with Gasteiger partial charge in [0.25, 0.3) is 0 Å². The van der Waals surface area contributed by atoms with E-state index in [9.17, 15) is 18.8 Å². The van der Waals surface area contributed by atoms with Crippen molar-refractivity contribution in [3.05, 3.63) is 0 Å². The van der Waals surface area contributed by atoms with E-state index in [-0.39, 0.29) is 0 Å². The zero-order chi connectivity index (χ0) is 13.4. The van der Waals surface area contributed by atoms with Gasteiger partial charge in [0.2, 0.25) is 0 Å². The molecule has 2 aliphatic rings. The van der Waals surface area contributed by atoms with Crippen molar-refractivity contribution in [3.63, 3.8) is 0 Å². The molecule has 0 aromatic carbocycles. The van der Waals surface area contributed by atoms with Crippen LogP contribution in [0.15, 0.2) is 0 Å². The maximum atomic E-state index is 11.9. The van der Waals surface area contributed by atoms with Gasteiger partial charge in [-0.05, 0) is 32.1 Å².